The fourth-order valence-electron chi connectivity index (χ4n) is 3.04. The van der Waals surface area contributed by atoms with E-state index in [-0.39, 0.29) is 12.6 Å². The Morgan fingerprint density at radius 1 is 0.917 bits per heavy atom. The normalized spacial score (nSPS) is 12.5. The van der Waals surface area contributed by atoms with Crippen LogP contribution in [0.25, 0.3) is 0 Å². The molecule has 1 atom stereocenters. The van der Waals surface area contributed by atoms with Gasteiger partial charge < -0.3 is 5.11 Å². The second-order valence-corrected chi connectivity index (χ2v) is 6.84. The summed E-state index contributed by atoms with van der Waals surface area (Å²) >= 11 is 0. The van der Waals surface area contributed by atoms with Crippen LogP contribution in [0.2, 0.25) is 0 Å². The molecule has 0 saturated heterocycles. The number of hydrogen-bond donors (Lipinski definition) is 1. The highest BCUT2D eigenvalue weighted by molar-refractivity contribution is 5.19. The number of aliphatic hydroxyl groups excluding tert-OH is 1. The lowest BCUT2D eigenvalue weighted by Gasteiger charge is -2.34. The van der Waals surface area contributed by atoms with Gasteiger partial charge in [-0.2, -0.15) is 0 Å². The third-order valence-corrected chi connectivity index (χ3v) is 4.27. The van der Waals surface area contributed by atoms with Crippen molar-refractivity contribution in [2.45, 2.75) is 39.4 Å². The summed E-state index contributed by atoms with van der Waals surface area (Å²) in [5, 5.41) is 9.67. The minimum absolute atomic E-state index is 0.0392. The summed E-state index contributed by atoms with van der Waals surface area (Å²) in [6, 6.07) is 21.2. The van der Waals surface area contributed by atoms with Crippen molar-refractivity contribution >= 4 is 0 Å². The SMILES string of the molecule is C=C(CO)[C@H](CC(C)C)N(Cc1ccccc1)Cc1ccccc1. The molecule has 0 fully saturated rings. The molecule has 0 aliphatic heterocycles. The zero-order valence-corrected chi connectivity index (χ0v) is 14.9. The van der Waals surface area contributed by atoms with E-state index >= 15 is 0 Å². The fourth-order valence-corrected chi connectivity index (χ4v) is 3.04. The predicted octanol–water partition coefficient (Wildman–Crippen LogP) is 4.65. The smallest absolute Gasteiger partial charge is 0.0654 e. The van der Waals surface area contributed by atoms with Crippen molar-refractivity contribution in [2.24, 2.45) is 5.92 Å². The maximum absolute atomic E-state index is 9.67. The van der Waals surface area contributed by atoms with Crippen LogP contribution in [0.15, 0.2) is 72.8 Å². The molecule has 0 spiro atoms. The van der Waals surface area contributed by atoms with Gasteiger partial charge in [0.25, 0.3) is 0 Å². The van der Waals surface area contributed by atoms with Crippen LogP contribution in [0.3, 0.4) is 0 Å². The fraction of sp³-hybridized carbons (Fsp3) is 0.364. The van der Waals surface area contributed by atoms with E-state index in [4.69, 9.17) is 0 Å². The minimum Gasteiger partial charge on any atom is -0.392 e. The van der Waals surface area contributed by atoms with E-state index in [1.807, 2.05) is 12.1 Å². The average molecular weight is 323 g/mol. The molecule has 1 N–H and O–H groups in total. The summed E-state index contributed by atoms with van der Waals surface area (Å²) in [7, 11) is 0. The molecular formula is C22H29NO. The molecule has 0 aliphatic rings. The van der Waals surface area contributed by atoms with Gasteiger partial charge in [0.15, 0.2) is 0 Å². The third-order valence-electron chi connectivity index (χ3n) is 4.27. The predicted molar refractivity (Wildman–Crippen MR) is 102 cm³/mol. The van der Waals surface area contributed by atoms with Crippen LogP contribution in [0, 0.1) is 5.92 Å². The molecule has 0 aromatic heterocycles. The molecule has 0 radical (unpaired) electrons. The highest BCUT2D eigenvalue weighted by atomic mass is 16.3. The molecule has 2 aromatic rings. The molecular weight excluding hydrogens is 294 g/mol. The van der Waals surface area contributed by atoms with Gasteiger partial charge in [0.2, 0.25) is 0 Å². The second-order valence-electron chi connectivity index (χ2n) is 6.84. The van der Waals surface area contributed by atoms with Gasteiger partial charge in [0, 0.05) is 19.1 Å². The van der Waals surface area contributed by atoms with Crippen LogP contribution < -0.4 is 0 Å². The maximum atomic E-state index is 9.67. The van der Waals surface area contributed by atoms with Crippen LogP contribution in [0.1, 0.15) is 31.4 Å². The Balaban J connectivity index is 2.26. The molecule has 24 heavy (non-hydrogen) atoms. The number of aliphatic hydroxyl groups is 1. The van der Waals surface area contributed by atoms with E-state index < -0.39 is 0 Å². The van der Waals surface area contributed by atoms with Gasteiger partial charge in [-0.3, -0.25) is 4.90 Å². The molecule has 0 bridgehead atoms. The largest absolute Gasteiger partial charge is 0.392 e. The quantitative estimate of drug-likeness (QED) is 0.679. The third kappa shape index (κ3) is 5.63. The van der Waals surface area contributed by atoms with Gasteiger partial charge in [0.1, 0.15) is 0 Å². The molecule has 0 amide bonds. The molecule has 2 aromatic carbocycles. The summed E-state index contributed by atoms with van der Waals surface area (Å²) in [5.74, 6) is 0.548. The average Bonchev–Trinajstić information content (AvgIpc) is 2.60. The molecule has 2 rings (SSSR count). The molecule has 0 unspecified atom stereocenters. The van der Waals surface area contributed by atoms with Crippen molar-refractivity contribution in [2.75, 3.05) is 6.61 Å². The van der Waals surface area contributed by atoms with Crippen molar-refractivity contribution < 1.29 is 5.11 Å². The van der Waals surface area contributed by atoms with Crippen molar-refractivity contribution in [1.29, 1.82) is 0 Å². The highest BCUT2D eigenvalue weighted by Crippen LogP contribution is 2.23. The van der Waals surface area contributed by atoms with E-state index in [1.165, 1.54) is 11.1 Å². The van der Waals surface area contributed by atoms with Gasteiger partial charge in [-0.1, -0.05) is 81.1 Å². The van der Waals surface area contributed by atoms with Crippen molar-refractivity contribution in [3.05, 3.63) is 83.9 Å². The first-order valence-corrected chi connectivity index (χ1v) is 8.70. The monoisotopic (exact) mass is 323 g/mol. The molecule has 0 saturated carbocycles. The first-order chi connectivity index (χ1) is 11.6. The standard InChI is InChI=1S/C22H29NO/c1-18(2)14-22(19(3)17-24)23(15-20-10-6-4-7-11-20)16-21-12-8-5-9-13-21/h4-13,18,22,24H,3,14-17H2,1-2H3/t22-/m0/s1. The lowest BCUT2D eigenvalue weighted by molar-refractivity contribution is 0.166. The molecule has 2 nitrogen and oxygen atoms in total. The van der Waals surface area contributed by atoms with Crippen molar-refractivity contribution in [3.8, 4) is 0 Å². The molecule has 0 aliphatic carbocycles. The summed E-state index contributed by atoms with van der Waals surface area (Å²) in [4.78, 5) is 2.43. The van der Waals surface area contributed by atoms with Gasteiger partial charge >= 0.3 is 0 Å². The number of benzene rings is 2. The van der Waals surface area contributed by atoms with Crippen molar-refractivity contribution in [3.63, 3.8) is 0 Å². The Hall–Kier alpha value is -1.90. The molecule has 0 heterocycles. The number of nitrogens with zero attached hydrogens (tertiary/aromatic N) is 1. The Labute approximate surface area is 146 Å². The van der Waals surface area contributed by atoms with Gasteiger partial charge in [0.05, 0.1) is 6.61 Å². The second kappa shape index (κ2) is 9.41. The first-order valence-electron chi connectivity index (χ1n) is 8.70. The maximum Gasteiger partial charge on any atom is 0.0654 e. The lowest BCUT2D eigenvalue weighted by Crippen LogP contribution is -2.37. The Morgan fingerprint density at radius 3 is 1.75 bits per heavy atom. The van der Waals surface area contributed by atoms with E-state index in [0.29, 0.717) is 5.92 Å². The van der Waals surface area contributed by atoms with Crippen molar-refractivity contribution in [1.82, 2.24) is 4.90 Å². The Morgan fingerprint density at radius 2 is 1.38 bits per heavy atom. The topological polar surface area (TPSA) is 23.5 Å². The van der Waals surface area contributed by atoms with E-state index in [0.717, 1.165) is 25.1 Å². The first kappa shape index (κ1) is 18.4. The summed E-state index contributed by atoms with van der Waals surface area (Å²) in [6.07, 6.45) is 0.999. The number of rotatable bonds is 9. The summed E-state index contributed by atoms with van der Waals surface area (Å²) in [5.41, 5.74) is 3.47. The molecule has 128 valence electrons. The minimum atomic E-state index is 0.0392. The van der Waals surface area contributed by atoms with Crippen LogP contribution in [0.4, 0.5) is 0 Å². The molecule has 2 heteroatoms. The van der Waals surface area contributed by atoms with Crippen LogP contribution in [-0.4, -0.2) is 22.7 Å². The van der Waals surface area contributed by atoms with E-state index in [9.17, 15) is 5.11 Å². The highest BCUT2D eigenvalue weighted by Gasteiger charge is 2.22. The summed E-state index contributed by atoms with van der Waals surface area (Å²) in [6.45, 7) is 10.3. The van der Waals surface area contributed by atoms with Crippen LogP contribution in [0.5, 0.6) is 0 Å². The van der Waals surface area contributed by atoms with Crippen LogP contribution >= 0.6 is 0 Å². The van der Waals surface area contributed by atoms with Gasteiger partial charge in [-0.25, -0.2) is 0 Å². The van der Waals surface area contributed by atoms with E-state index in [2.05, 4.69) is 73.9 Å². The zero-order chi connectivity index (χ0) is 17.4. The summed E-state index contributed by atoms with van der Waals surface area (Å²) < 4.78 is 0. The Kier molecular flexibility index (Phi) is 7.23. The van der Waals surface area contributed by atoms with Crippen LogP contribution in [-0.2, 0) is 13.1 Å². The van der Waals surface area contributed by atoms with Gasteiger partial charge in [-0.05, 0) is 29.0 Å². The number of hydrogen-bond acceptors (Lipinski definition) is 2. The zero-order valence-electron chi connectivity index (χ0n) is 14.9. The Bertz CT molecular complexity index is 565. The van der Waals surface area contributed by atoms with Gasteiger partial charge in [-0.15, -0.1) is 0 Å². The van der Waals surface area contributed by atoms with E-state index in [1.54, 1.807) is 0 Å². The lowest BCUT2D eigenvalue weighted by atomic mass is 9.95.